The van der Waals surface area contributed by atoms with E-state index in [2.05, 4.69) is 22.2 Å². The van der Waals surface area contributed by atoms with Crippen molar-refractivity contribution in [3.8, 4) is 0 Å². The van der Waals surface area contributed by atoms with Gasteiger partial charge in [0.25, 0.3) is 0 Å². The van der Waals surface area contributed by atoms with Crippen molar-refractivity contribution in [3.05, 3.63) is 17.5 Å². The Balaban J connectivity index is 1.79. The van der Waals surface area contributed by atoms with Crippen molar-refractivity contribution in [2.75, 3.05) is 11.9 Å². The summed E-state index contributed by atoms with van der Waals surface area (Å²) in [4.78, 5) is 7.99. The summed E-state index contributed by atoms with van der Waals surface area (Å²) in [6.45, 7) is 3.34. The highest BCUT2D eigenvalue weighted by Crippen LogP contribution is 2.28. The lowest BCUT2D eigenvalue weighted by molar-refractivity contribution is 0.300. The summed E-state index contributed by atoms with van der Waals surface area (Å²) in [6.07, 6.45) is 6.86. The molecule has 0 atom stereocenters. The lowest BCUT2D eigenvalue weighted by atomic mass is 9.83. The van der Waals surface area contributed by atoms with Crippen LogP contribution in [0, 0.1) is 11.8 Å². The number of nitrogens with one attached hydrogen (secondary N) is 1. The zero-order valence-corrected chi connectivity index (χ0v) is 10.4. The largest absolute Gasteiger partial charge is 0.370 e. The van der Waals surface area contributed by atoms with Crippen LogP contribution in [0.25, 0.3) is 0 Å². The molecule has 1 aliphatic carbocycles. The molecular weight excluding hydrogens is 222 g/mol. The quantitative estimate of drug-likeness (QED) is 0.822. The van der Waals surface area contributed by atoms with Gasteiger partial charge < -0.3 is 5.32 Å². The van der Waals surface area contributed by atoms with Crippen LogP contribution >= 0.6 is 11.6 Å². The van der Waals surface area contributed by atoms with Gasteiger partial charge in [0.15, 0.2) is 0 Å². The highest BCUT2D eigenvalue weighted by Gasteiger charge is 2.17. The molecule has 1 N–H and O–H groups in total. The van der Waals surface area contributed by atoms with Crippen LogP contribution in [-0.2, 0) is 0 Å². The van der Waals surface area contributed by atoms with Gasteiger partial charge in [0.1, 0.15) is 17.3 Å². The molecule has 0 aliphatic heterocycles. The smallest absolute Gasteiger partial charge is 0.134 e. The molecule has 0 radical (unpaired) electrons. The van der Waals surface area contributed by atoms with Crippen LogP contribution in [0.4, 0.5) is 5.82 Å². The molecule has 0 bridgehead atoms. The SMILES string of the molecule is CC1CCC(CNc2cc(Cl)ncn2)CC1. The number of nitrogens with zero attached hydrogens (tertiary/aromatic N) is 2. The molecule has 88 valence electrons. The van der Waals surface area contributed by atoms with Crippen LogP contribution in [0.2, 0.25) is 5.15 Å². The molecule has 1 saturated carbocycles. The molecule has 0 unspecified atom stereocenters. The van der Waals surface area contributed by atoms with E-state index < -0.39 is 0 Å². The summed E-state index contributed by atoms with van der Waals surface area (Å²) in [7, 11) is 0. The molecule has 1 aliphatic rings. The van der Waals surface area contributed by atoms with Crippen LogP contribution in [0.1, 0.15) is 32.6 Å². The number of anilines is 1. The van der Waals surface area contributed by atoms with E-state index in [1.54, 1.807) is 6.07 Å². The first-order valence-corrected chi connectivity index (χ1v) is 6.33. The van der Waals surface area contributed by atoms with E-state index in [1.807, 2.05) is 0 Å². The van der Waals surface area contributed by atoms with Gasteiger partial charge in [-0.3, -0.25) is 0 Å². The minimum Gasteiger partial charge on any atom is -0.370 e. The number of rotatable bonds is 3. The maximum atomic E-state index is 5.79. The first-order valence-electron chi connectivity index (χ1n) is 5.95. The molecule has 1 fully saturated rings. The molecule has 2 rings (SSSR count). The minimum atomic E-state index is 0.495. The second-order valence-corrected chi connectivity index (χ2v) is 5.12. The van der Waals surface area contributed by atoms with Gasteiger partial charge in [0.05, 0.1) is 0 Å². The fourth-order valence-electron chi connectivity index (χ4n) is 2.21. The van der Waals surface area contributed by atoms with Crippen molar-refractivity contribution in [2.24, 2.45) is 11.8 Å². The minimum absolute atomic E-state index is 0.495. The van der Waals surface area contributed by atoms with Gasteiger partial charge in [-0.1, -0.05) is 31.4 Å². The molecule has 0 saturated heterocycles. The van der Waals surface area contributed by atoms with Crippen LogP contribution in [0.15, 0.2) is 12.4 Å². The van der Waals surface area contributed by atoms with E-state index >= 15 is 0 Å². The number of hydrogen-bond donors (Lipinski definition) is 1. The van der Waals surface area contributed by atoms with Crippen molar-refractivity contribution in [3.63, 3.8) is 0 Å². The van der Waals surface area contributed by atoms with Crippen molar-refractivity contribution < 1.29 is 0 Å². The van der Waals surface area contributed by atoms with Gasteiger partial charge >= 0.3 is 0 Å². The normalized spacial score (nSPS) is 25.4. The van der Waals surface area contributed by atoms with E-state index in [1.165, 1.54) is 32.0 Å². The average molecular weight is 240 g/mol. The number of aromatic nitrogens is 2. The molecule has 0 aromatic carbocycles. The van der Waals surface area contributed by atoms with E-state index in [4.69, 9.17) is 11.6 Å². The Hall–Kier alpha value is -0.830. The Bertz CT molecular complexity index is 335. The number of hydrogen-bond acceptors (Lipinski definition) is 3. The fraction of sp³-hybridized carbons (Fsp3) is 0.667. The molecule has 1 aromatic heterocycles. The summed E-state index contributed by atoms with van der Waals surface area (Å²) < 4.78 is 0. The second kappa shape index (κ2) is 5.48. The molecule has 4 heteroatoms. The maximum Gasteiger partial charge on any atom is 0.134 e. The van der Waals surface area contributed by atoms with Crippen molar-refractivity contribution in [2.45, 2.75) is 32.6 Å². The van der Waals surface area contributed by atoms with Crippen molar-refractivity contribution in [1.29, 1.82) is 0 Å². The third-order valence-electron chi connectivity index (χ3n) is 3.34. The van der Waals surface area contributed by atoms with Crippen LogP contribution in [0.5, 0.6) is 0 Å². The lowest BCUT2D eigenvalue weighted by Gasteiger charge is -2.26. The highest BCUT2D eigenvalue weighted by atomic mass is 35.5. The highest BCUT2D eigenvalue weighted by molar-refractivity contribution is 6.29. The molecule has 1 heterocycles. The monoisotopic (exact) mass is 239 g/mol. The predicted molar refractivity (Wildman–Crippen MR) is 66.7 cm³/mol. The maximum absolute atomic E-state index is 5.79. The topological polar surface area (TPSA) is 37.8 Å². The average Bonchev–Trinajstić information content (AvgIpc) is 2.28. The van der Waals surface area contributed by atoms with Crippen LogP contribution in [0.3, 0.4) is 0 Å². The molecule has 16 heavy (non-hydrogen) atoms. The fourth-order valence-corrected chi connectivity index (χ4v) is 2.36. The van der Waals surface area contributed by atoms with Gasteiger partial charge in [-0.25, -0.2) is 9.97 Å². The third-order valence-corrected chi connectivity index (χ3v) is 3.55. The Morgan fingerprint density at radius 2 is 2.06 bits per heavy atom. The van der Waals surface area contributed by atoms with Crippen LogP contribution < -0.4 is 5.32 Å². The van der Waals surface area contributed by atoms with Gasteiger partial charge in [-0.15, -0.1) is 0 Å². The zero-order valence-electron chi connectivity index (χ0n) is 9.62. The summed E-state index contributed by atoms with van der Waals surface area (Å²) >= 11 is 5.79. The van der Waals surface area contributed by atoms with Gasteiger partial charge in [0.2, 0.25) is 0 Å². The first-order chi connectivity index (χ1) is 7.74. The second-order valence-electron chi connectivity index (χ2n) is 4.73. The molecule has 1 aromatic rings. The van der Waals surface area contributed by atoms with E-state index in [0.717, 1.165) is 24.2 Å². The molecule has 0 amide bonds. The van der Waals surface area contributed by atoms with Gasteiger partial charge in [0, 0.05) is 12.6 Å². The van der Waals surface area contributed by atoms with Crippen molar-refractivity contribution >= 4 is 17.4 Å². The van der Waals surface area contributed by atoms with Gasteiger partial charge in [-0.2, -0.15) is 0 Å². The summed E-state index contributed by atoms with van der Waals surface area (Å²) in [6, 6.07) is 1.77. The Labute approximate surface area is 102 Å². The first kappa shape index (κ1) is 11.6. The summed E-state index contributed by atoms with van der Waals surface area (Å²) in [5.74, 6) is 2.52. The zero-order chi connectivity index (χ0) is 11.4. The Morgan fingerprint density at radius 3 is 2.75 bits per heavy atom. The van der Waals surface area contributed by atoms with E-state index in [-0.39, 0.29) is 0 Å². The van der Waals surface area contributed by atoms with Crippen LogP contribution in [-0.4, -0.2) is 16.5 Å². The predicted octanol–water partition coefficient (Wildman–Crippen LogP) is 3.37. The summed E-state index contributed by atoms with van der Waals surface area (Å²) in [5.41, 5.74) is 0. The number of halogens is 1. The third kappa shape index (κ3) is 3.34. The Morgan fingerprint density at radius 1 is 1.31 bits per heavy atom. The van der Waals surface area contributed by atoms with E-state index in [0.29, 0.717) is 5.15 Å². The molecular formula is C12H18ClN3. The lowest BCUT2D eigenvalue weighted by Crippen LogP contribution is -2.20. The van der Waals surface area contributed by atoms with Gasteiger partial charge in [-0.05, 0) is 24.7 Å². The summed E-state index contributed by atoms with van der Waals surface area (Å²) in [5, 5.41) is 3.83. The Kier molecular flexibility index (Phi) is 3.99. The van der Waals surface area contributed by atoms with Crippen molar-refractivity contribution in [1.82, 2.24) is 9.97 Å². The molecule has 0 spiro atoms. The van der Waals surface area contributed by atoms with E-state index in [9.17, 15) is 0 Å². The standard InChI is InChI=1S/C12H18ClN3/c1-9-2-4-10(5-3-9)7-14-12-6-11(13)15-8-16-12/h6,8-10H,2-5,7H2,1H3,(H,14,15,16). The molecule has 3 nitrogen and oxygen atoms in total.